The van der Waals surface area contributed by atoms with E-state index in [-0.39, 0.29) is 24.8 Å². The van der Waals surface area contributed by atoms with E-state index in [1.54, 1.807) is 6.07 Å². The Labute approximate surface area is 151 Å². The molecule has 0 saturated heterocycles. The number of carbonyl (C=O) groups excluding carboxylic acids is 2. The summed E-state index contributed by atoms with van der Waals surface area (Å²) in [7, 11) is 0. The first-order valence-corrected chi connectivity index (χ1v) is 8.48. The Morgan fingerprint density at radius 2 is 1.92 bits per heavy atom. The minimum Gasteiger partial charge on any atom is -0.480 e. The van der Waals surface area contributed by atoms with Gasteiger partial charge < -0.3 is 20.2 Å². The lowest BCUT2D eigenvalue weighted by Crippen LogP contribution is -2.46. The Bertz CT molecular complexity index is 751. The first-order chi connectivity index (χ1) is 12.3. The number of hydrogen-bond donors (Lipinski definition) is 3. The summed E-state index contributed by atoms with van der Waals surface area (Å²) < 4.78 is 5.52. The summed E-state index contributed by atoms with van der Waals surface area (Å²) in [4.78, 5) is 39.1. The number of aliphatic carboxylic acids is 1. The topological polar surface area (TPSA) is 122 Å². The van der Waals surface area contributed by atoms with E-state index in [4.69, 9.17) is 9.52 Å². The van der Waals surface area contributed by atoms with Crippen LogP contribution in [0.2, 0.25) is 0 Å². The Balaban J connectivity index is 1.75. The number of aromatic nitrogens is 1. The lowest BCUT2D eigenvalue weighted by molar-refractivity contribution is -0.142. The maximum atomic E-state index is 11.9. The number of nitrogens with one attached hydrogen (secondary N) is 2. The number of carboxylic acid groups (broad SMARTS) is 1. The average molecular weight is 361 g/mol. The number of oxazole rings is 1. The van der Waals surface area contributed by atoms with Gasteiger partial charge in [0.1, 0.15) is 11.6 Å². The van der Waals surface area contributed by atoms with Crippen molar-refractivity contribution >= 4 is 28.9 Å². The SMILES string of the molecule is CC(C)C[C@H](NC(=O)CNC(=O)CCc1nc2ccccc2o1)C(=O)O. The van der Waals surface area contributed by atoms with Gasteiger partial charge in [-0.25, -0.2) is 9.78 Å². The molecule has 26 heavy (non-hydrogen) atoms. The van der Waals surface area contributed by atoms with Gasteiger partial charge in [-0.1, -0.05) is 26.0 Å². The molecule has 8 nitrogen and oxygen atoms in total. The molecule has 0 aliphatic heterocycles. The highest BCUT2D eigenvalue weighted by molar-refractivity contribution is 5.87. The second kappa shape index (κ2) is 8.98. The molecule has 1 atom stereocenters. The number of carboxylic acids is 1. The fourth-order valence-electron chi connectivity index (χ4n) is 2.45. The van der Waals surface area contributed by atoms with Crippen LogP contribution in [-0.2, 0) is 20.8 Å². The minimum atomic E-state index is -1.09. The van der Waals surface area contributed by atoms with Crippen molar-refractivity contribution in [2.75, 3.05) is 6.54 Å². The van der Waals surface area contributed by atoms with Gasteiger partial charge in [0, 0.05) is 12.8 Å². The summed E-state index contributed by atoms with van der Waals surface area (Å²) in [5, 5.41) is 14.0. The van der Waals surface area contributed by atoms with E-state index in [0.717, 1.165) is 5.52 Å². The standard InChI is InChI=1S/C18H23N3O5/c1-11(2)9-13(18(24)25)20-16(23)10-19-15(22)7-8-17-21-12-5-3-4-6-14(12)26-17/h3-6,11,13H,7-10H2,1-2H3,(H,19,22)(H,20,23)(H,24,25)/t13-/m0/s1. The number of nitrogens with zero attached hydrogens (tertiary/aromatic N) is 1. The van der Waals surface area contributed by atoms with Crippen molar-refractivity contribution in [1.29, 1.82) is 0 Å². The number of amides is 2. The molecule has 0 bridgehead atoms. The molecule has 8 heteroatoms. The number of hydrogen-bond acceptors (Lipinski definition) is 5. The predicted molar refractivity (Wildman–Crippen MR) is 94.4 cm³/mol. The molecule has 1 aromatic heterocycles. The zero-order valence-corrected chi connectivity index (χ0v) is 14.8. The number of carbonyl (C=O) groups is 3. The number of para-hydroxylation sites is 2. The van der Waals surface area contributed by atoms with Gasteiger partial charge in [-0.15, -0.1) is 0 Å². The van der Waals surface area contributed by atoms with Crippen molar-refractivity contribution in [3.63, 3.8) is 0 Å². The smallest absolute Gasteiger partial charge is 0.326 e. The van der Waals surface area contributed by atoms with Crippen molar-refractivity contribution in [2.45, 2.75) is 39.2 Å². The summed E-state index contributed by atoms with van der Waals surface area (Å²) >= 11 is 0. The van der Waals surface area contributed by atoms with Crippen molar-refractivity contribution < 1.29 is 23.9 Å². The van der Waals surface area contributed by atoms with Gasteiger partial charge in [-0.05, 0) is 24.5 Å². The van der Waals surface area contributed by atoms with Crippen LogP contribution in [0.3, 0.4) is 0 Å². The second-order valence-corrected chi connectivity index (χ2v) is 6.44. The van der Waals surface area contributed by atoms with Crippen molar-refractivity contribution in [2.24, 2.45) is 5.92 Å². The van der Waals surface area contributed by atoms with Crippen LogP contribution in [0.4, 0.5) is 0 Å². The third-order valence-electron chi connectivity index (χ3n) is 3.69. The van der Waals surface area contributed by atoms with Gasteiger partial charge in [-0.3, -0.25) is 9.59 Å². The van der Waals surface area contributed by atoms with Crippen molar-refractivity contribution in [1.82, 2.24) is 15.6 Å². The Kier molecular flexibility index (Phi) is 6.71. The molecule has 1 aromatic carbocycles. The average Bonchev–Trinajstić information content (AvgIpc) is 3.00. The Morgan fingerprint density at radius 1 is 1.19 bits per heavy atom. The van der Waals surface area contributed by atoms with Crippen LogP contribution in [0, 0.1) is 5.92 Å². The Morgan fingerprint density at radius 3 is 2.58 bits per heavy atom. The van der Waals surface area contributed by atoms with Gasteiger partial charge in [0.25, 0.3) is 0 Å². The van der Waals surface area contributed by atoms with E-state index in [1.807, 2.05) is 32.0 Å². The lowest BCUT2D eigenvalue weighted by Gasteiger charge is -2.16. The molecule has 3 N–H and O–H groups in total. The number of rotatable bonds is 9. The van der Waals surface area contributed by atoms with Crippen LogP contribution < -0.4 is 10.6 Å². The van der Waals surface area contributed by atoms with E-state index < -0.39 is 17.9 Å². The minimum absolute atomic E-state index is 0.119. The molecule has 0 saturated carbocycles. The maximum absolute atomic E-state index is 11.9. The molecule has 140 valence electrons. The highest BCUT2D eigenvalue weighted by Crippen LogP contribution is 2.15. The third kappa shape index (κ3) is 5.87. The summed E-state index contributed by atoms with van der Waals surface area (Å²) in [5.74, 6) is -1.38. The molecule has 0 fully saturated rings. The fourth-order valence-corrected chi connectivity index (χ4v) is 2.45. The summed E-state index contributed by atoms with van der Waals surface area (Å²) in [6.45, 7) is 3.47. The zero-order valence-electron chi connectivity index (χ0n) is 14.8. The van der Waals surface area contributed by atoms with E-state index in [9.17, 15) is 14.4 Å². The van der Waals surface area contributed by atoms with Crippen molar-refractivity contribution in [3.8, 4) is 0 Å². The van der Waals surface area contributed by atoms with Gasteiger partial charge in [0.05, 0.1) is 6.54 Å². The largest absolute Gasteiger partial charge is 0.480 e. The van der Waals surface area contributed by atoms with Crippen LogP contribution >= 0.6 is 0 Å². The normalized spacial score (nSPS) is 12.1. The third-order valence-corrected chi connectivity index (χ3v) is 3.69. The van der Waals surface area contributed by atoms with Crippen LogP contribution in [0.25, 0.3) is 11.1 Å². The highest BCUT2D eigenvalue weighted by atomic mass is 16.4. The highest BCUT2D eigenvalue weighted by Gasteiger charge is 2.21. The molecular formula is C18H23N3O5. The number of fused-ring (bicyclic) bond motifs is 1. The molecule has 0 unspecified atom stereocenters. The molecule has 1 heterocycles. The first kappa shape index (κ1) is 19.4. The summed E-state index contributed by atoms with van der Waals surface area (Å²) in [6.07, 6.45) is 0.758. The van der Waals surface area contributed by atoms with Gasteiger partial charge in [0.15, 0.2) is 11.5 Å². The summed E-state index contributed by atoms with van der Waals surface area (Å²) in [5.41, 5.74) is 1.39. The molecule has 2 amide bonds. The number of aryl methyl sites for hydroxylation is 1. The maximum Gasteiger partial charge on any atom is 0.326 e. The fraction of sp³-hybridized carbons (Fsp3) is 0.444. The predicted octanol–water partition coefficient (Wildman–Crippen LogP) is 1.49. The monoisotopic (exact) mass is 361 g/mol. The second-order valence-electron chi connectivity index (χ2n) is 6.44. The van der Waals surface area contributed by atoms with E-state index in [0.29, 0.717) is 24.3 Å². The quantitative estimate of drug-likeness (QED) is 0.622. The molecule has 0 radical (unpaired) electrons. The van der Waals surface area contributed by atoms with E-state index in [2.05, 4.69) is 15.6 Å². The van der Waals surface area contributed by atoms with Crippen LogP contribution in [0.5, 0.6) is 0 Å². The lowest BCUT2D eigenvalue weighted by atomic mass is 10.0. The van der Waals surface area contributed by atoms with Gasteiger partial charge in [-0.2, -0.15) is 0 Å². The molecule has 0 aliphatic rings. The summed E-state index contributed by atoms with van der Waals surface area (Å²) in [6, 6.07) is 6.35. The zero-order chi connectivity index (χ0) is 19.1. The Hall–Kier alpha value is -2.90. The van der Waals surface area contributed by atoms with E-state index >= 15 is 0 Å². The van der Waals surface area contributed by atoms with Crippen LogP contribution in [0.15, 0.2) is 28.7 Å². The van der Waals surface area contributed by atoms with E-state index in [1.165, 1.54) is 0 Å². The molecule has 2 rings (SSSR count). The van der Waals surface area contributed by atoms with Gasteiger partial charge >= 0.3 is 5.97 Å². The van der Waals surface area contributed by atoms with Crippen LogP contribution in [-0.4, -0.2) is 40.5 Å². The number of benzene rings is 1. The van der Waals surface area contributed by atoms with Crippen molar-refractivity contribution in [3.05, 3.63) is 30.2 Å². The van der Waals surface area contributed by atoms with Crippen LogP contribution in [0.1, 0.15) is 32.6 Å². The molecule has 0 aliphatic carbocycles. The molecular weight excluding hydrogens is 338 g/mol. The van der Waals surface area contributed by atoms with Gasteiger partial charge in [0.2, 0.25) is 11.8 Å². The first-order valence-electron chi connectivity index (χ1n) is 8.48. The molecule has 0 spiro atoms. The molecule has 2 aromatic rings.